The van der Waals surface area contributed by atoms with Gasteiger partial charge in [0.05, 0.1) is 6.61 Å². The van der Waals surface area contributed by atoms with Crippen molar-refractivity contribution in [2.75, 3.05) is 23.9 Å². The van der Waals surface area contributed by atoms with E-state index in [-0.39, 0.29) is 11.8 Å². The van der Waals surface area contributed by atoms with Crippen molar-refractivity contribution in [3.63, 3.8) is 0 Å². The van der Waals surface area contributed by atoms with E-state index >= 15 is 0 Å². The summed E-state index contributed by atoms with van der Waals surface area (Å²) in [6.45, 7) is 4.39. The van der Waals surface area contributed by atoms with Crippen molar-refractivity contribution in [2.24, 2.45) is 0 Å². The predicted molar refractivity (Wildman–Crippen MR) is 110 cm³/mol. The maximum absolute atomic E-state index is 12.4. The normalized spacial score (nSPS) is 10.3. The summed E-state index contributed by atoms with van der Waals surface area (Å²) in [7, 11) is 1.71. The smallest absolute Gasteiger partial charge is 0.255 e. The third kappa shape index (κ3) is 6.44. The van der Waals surface area contributed by atoms with E-state index in [2.05, 4.69) is 12.2 Å². The predicted octanol–water partition coefficient (Wildman–Crippen LogP) is 4.88. The average Bonchev–Trinajstić information content (AvgIpc) is 2.68. The van der Waals surface area contributed by atoms with Crippen LogP contribution in [0.15, 0.2) is 48.5 Å². The molecule has 144 valence electrons. The third-order valence-electron chi connectivity index (χ3n) is 4.37. The molecular formula is C22H28N2O3. The van der Waals surface area contributed by atoms with E-state index in [9.17, 15) is 9.59 Å². The van der Waals surface area contributed by atoms with Crippen LogP contribution in [-0.2, 0) is 4.79 Å². The second-order valence-electron chi connectivity index (χ2n) is 6.51. The summed E-state index contributed by atoms with van der Waals surface area (Å²) in [5, 5.41) is 2.86. The highest BCUT2D eigenvalue weighted by Gasteiger charge is 2.08. The van der Waals surface area contributed by atoms with Gasteiger partial charge < -0.3 is 15.0 Å². The molecule has 0 saturated carbocycles. The summed E-state index contributed by atoms with van der Waals surface area (Å²) < 4.78 is 5.70. The van der Waals surface area contributed by atoms with Crippen molar-refractivity contribution in [1.82, 2.24) is 0 Å². The Morgan fingerprint density at radius 1 is 0.963 bits per heavy atom. The van der Waals surface area contributed by atoms with E-state index in [4.69, 9.17) is 4.74 Å². The number of nitrogens with zero attached hydrogens (tertiary/aromatic N) is 1. The number of nitrogens with one attached hydrogen (secondary N) is 1. The molecule has 0 unspecified atom stereocenters. The number of amides is 2. The molecule has 1 N–H and O–H groups in total. The van der Waals surface area contributed by atoms with Crippen molar-refractivity contribution in [3.8, 4) is 5.75 Å². The van der Waals surface area contributed by atoms with E-state index in [0.717, 1.165) is 17.9 Å². The fourth-order valence-corrected chi connectivity index (χ4v) is 2.57. The first-order chi connectivity index (χ1) is 13.0. The Morgan fingerprint density at radius 3 is 2.22 bits per heavy atom. The molecule has 0 aliphatic rings. The van der Waals surface area contributed by atoms with Crippen LogP contribution in [0.1, 0.15) is 49.9 Å². The standard InChI is InChI=1S/C22H28N2O3/c1-4-5-6-7-16-27-21-14-8-18(9-15-21)22(26)23-19-10-12-20(13-11-19)24(3)17(2)25/h8-15H,4-7,16H2,1-3H3,(H,23,26). The van der Waals surface area contributed by atoms with Gasteiger partial charge in [-0.1, -0.05) is 26.2 Å². The van der Waals surface area contributed by atoms with E-state index < -0.39 is 0 Å². The number of unbranched alkanes of at least 4 members (excludes halogenated alkanes) is 3. The zero-order valence-corrected chi connectivity index (χ0v) is 16.3. The Morgan fingerprint density at radius 2 is 1.63 bits per heavy atom. The number of carbonyl (C=O) groups is 2. The first kappa shape index (κ1) is 20.5. The molecule has 0 bridgehead atoms. The largest absolute Gasteiger partial charge is 0.494 e. The van der Waals surface area contributed by atoms with Gasteiger partial charge in [0, 0.05) is 30.9 Å². The monoisotopic (exact) mass is 368 g/mol. The Kier molecular flexibility index (Phi) is 7.86. The number of anilines is 2. The lowest BCUT2D eigenvalue weighted by Gasteiger charge is -2.15. The van der Waals surface area contributed by atoms with Crippen molar-refractivity contribution in [1.29, 1.82) is 0 Å². The van der Waals surface area contributed by atoms with Crippen LogP contribution < -0.4 is 15.0 Å². The maximum Gasteiger partial charge on any atom is 0.255 e. The first-order valence-electron chi connectivity index (χ1n) is 9.40. The topological polar surface area (TPSA) is 58.6 Å². The summed E-state index contributed by atoms with van der Waals surface area (Å²) in [5.74, 6) is 0.552. The van der Waals surface area contributed by atoms with Crippen LogP contribution in [0.25, 0.3) is 0 Å². The highest BCUT2D eigenvalue weighted by Crippen LogP contribution is 2.18. The van der Waals surface area contributed by atoms with Gasteiger partial charge in [-0.2, -0.15) is 0 Å². The molecule has 2 aromatic carbocycles. The number of rotatable bonds is 9. The lowest BCUT2D eigenvalue weighted by atomic mass is 10.2. The highest BCUT2D eigenvalue weighted by atomic mass is 16.5. The van der Waals surface area contributed by atoms with Gasteiger partial charge in [0.1, 0.15) is 5.75 Å². The van der Waals surface area contributed by atoms with Gasteiger partial charge in [-0.05, 0) is 55.0 Å². The summed E-state index contributed by atoms with van der Waals surface area (Å²) in [6.07, 6.45) is 4.66. The van der Waals surface area contributed by atoms with Gasteiger partial charge in [-0.25, -0.2) is 0 Å². The van der Waals surface area contributed by atoms with Crippen molar-refractivity contribution < 1.29 is 14.3 Å². The van der Waals surface area contributed by atoms with Crippen LogP contribution >= 0.6 is 0 Å². The zero-order valence-electron chi connectivity index (χ0n) is 16.3. The van der Waals surface area contributed by atoms with Gasteiger partial charge in [0.2, 0.25) is 5.91 Å². The second kappa shape index (κ2) is 10.4. The molecule has 0 fully saturated rings. The van der Waals surface area contributed by atoms with Crippen LogP contribution in [0.2, 0.25) is 0 Å². The molecule has 0 radical (unpaired) electrons. The fourth-order valence-electron chi connectivity index (χ4n) is 2.57. The molecule has 0 spiro atoms. The van der Waals surface area contributed by atoms with Gasteiger partial charge in [0.15, 0.2) is 0 Å². The van der Waals surface area contributed by atoms with Crippen molar-refractivity contribution in [2.45, 2.75) is 39.5 Å². The minimum Gasteiger partial charge on any atom is -0.494 e. The van der Waals surface area contributed by atoms with E-state index in [1.54, 1.807) is 48.3 Å². The number of benzene rings is 2. The fraction of sp³-hybridized carbons (Fsp3) is 0.364. The molecule has 0 aliphatic carbocycles. The molecular weight excluding hydrogens is 340 g/mol. The second-order valence-corrected chi connectivity index (χ2v) is 6.51. The van der Waals surface area contributed by atoms with E-state index in [0.29, 0.717) is 17.9 Å². The molecule has 0 heterocycles. The van der Waals surface area contributed by atoms with Crippen molar-refractivity contribution >= 4 is 23.2 Å². The molecule has 5 heteroatoms. The molecule has 2 amide bonds. The Hall–Kier alpha value is -2.82. The number of carbonyl (C=O) groups excluding carboxylic acids is 2. The minimum absolute atomic E-state index is 0.0422. The summed E-state index contributed by atoms with van der Waals surface area (Å²) in [5.41, 5.74) is 2.02. The molecule has 0 aliphatic heterocycles. The Bertz CT molecular complexity index is 739. The maximum atomic E-state index is 12.4. The summed E-state index contributed by atoms with van der Waals surface area (Å²) in [6, 6.07) is 14.3. The number of hydrogen-bond donors (Lipinski definition) is 1. The summed E-state index contributed by atoms with van der Waals surface area (Å²) in [4.78, 5) is 25.3. The van der Waals surface area contributed by atoms with E-state index in [1.807, 2.05) is 12.1 Å². The highest BCUT2D eigenvalue weighted by molar-refractivity contribution is 6.04. The molecule has 27 heavy (non-hydrogen) atoms. The van der Waals surface area contributed by atoms with Crippen LogP contribution in [0.4, 0.5) is 11.4 Å². The molecule has 0 atom stereocenters. The quantitative estimate of drug-likeness (QED) is 0.642. The van der Waals surface area contributed by atoms with Gasteiger partial charge in [0.25, 0.3) is 5.91 Å². The Labute approximate surface area is 161 Å². The van der Waals surface area contributed by atoms with Crippen LogP contribution in [-0.4, -0.2) is 25.5 Å². The minimum atomic E-state index is -0.183. The van der Waals surface area contributed by atoms with Gasteiger partial charge >= 0.3 is 0 Å². The van der Waals surface area contributed by atoms with Crippen molar-refractivity contribution in [3.05, 3.63) is 54.1 Å². The van der Waals surface area contributed by atoms with Gasteiger partial charge in [-0.15, -0.1) is 0 Å². The Balaban J connectivity index is 1.87. The van der Waals surface area contributed by atoms with Crippen LogP contribution in [0.5, 0.6) is 5.75 Å². The molecule has 2 rings (SSSR count). The SMILES string of the molecule is CCCCCCOc1ccc(C(=O)Nc2ccc(N(C)C(C)=O)cc2)cc1. The van der Waals surface area contributed by atoms with Crippen LogP contribution in [0.3, 0.4) is 0 Å². The first-order valence-corrected chi connectivity index (χ1v) is 9.40. The molecule has 0 aromatic heterocycles. The summed E-state index contributed by atoms with van der Waals surface area (Å²) >= 11 is 0. The lowest BCUT2D eigenvalue weighted by Crippen LogP contribution is -2.22. The molecule has 5 nitrogen and oxygen atoms in total. The third-order valence-corrected chi connectivity index (χ3v) is 4.37. The number of ether oxygens (including phenoxy) is 1. The molecule has 0 saturated heterocycles. The van der Waals surface area contributed by atoms with Gasteiger partial charge in [-0.3, -0.25) is 9.59 Å². The average molecular weight is 368 g/mol. The lowest BCUT2D eigenvalue weighted by molar-refractivity contribution is -0.116. The number of hydrogen-bond acceptors (Lipinski definition) is 3. The zero-order chi connectivity index (χ0) is 19.6. The molecule has 2 aromatic rings. The van der Waals surface area contributed by atoms with E-state index in [1.165, 1.54) is 26.2 Å². The van der Waals surface area contributed by atoms with Crippen LogP contribution in [0, 0.1) is 0 Å².